The van der Waals surface area contributed by atoms with Gasteiger partial charge in [0.2, 0.25) is 0 Å². The Bertz CT molecular complexity index is 477. The Labute approximate surface area is 113 Å². The van der Waals surface area contributed by atoms with E-state index in [9.17, 15) is 4.79 Å². The molecule has 1 rings (SSSR count). The van der Waals surface area contributed by atoms with E-state index in [1.807, 2.05) is 12.1 Å². The highest BCUT2D eigenvalue weighted by Crippen LogP contribution is 2.10. The molecule has 0 spiro atoms. The van der Waals surface area contributed by atoms with Crippen molar-refractivity contribution in [1.29, 1.82) is 5.26 Å². The molecule has 1 aromatic rings. The van der Waals surface area contributed by atoms with E-state index < -0.39 is 6.10 Å². The van der Waals surface area contributed by atoms with Crippen molar-refractivity contribution in [2.75, 3.05) is 11.9 Å². The average Bonchev–Trinajstić information content (AvgIpc) is 2.43. The summed E-state index contributed by atoms with van der Waals surface area (Å²) in [6.07, 6.45) is 3.03. The van der Waals surface area contributed by atoms with Crippen LogP contribution in [0.1, 0.15) is 25.3 Å². The first-order chi connectivity index (χ1) is 9.17. The van der Waals surface area contributed by atoms with E-state index in [2.05, 4.69) is 11.9 Å². The van der Waals surface area contributed by atoms with Gasteiger partial charge in [-0.25, -0.2) is 0 Å². The summed E-state index contributed by atoms with van der Waals surface area (Å²) in [7, 11) is 0. The fourth-order valence-electron chi connectivity index (χ4n) is 1.47. The minimum atomic E-state index is -0.518. The Morgan fingerprint density at radius 1 is 1.63 bits per heavy atom. The molecule has 4 nitrogen and oxygen atoms in total. The molecule has 0 aliphatic carbocycles. The largest absolute Gasteiger partial charge is 0.369 e. The maximum Gasteiger partial charge on any atom is 0.253 e. The fourth-order valence-corrected chi connectivity index (χ4v) is 1.47. The molecule has 19 heavy (non-hydrogen) atoms. The number of ether oxygens (including phenoxy) is 1. The summed E-state index contributed by atoms with van der Waals surface area (Å²) in [5, 5.41) is 11.5. The highest BCUT2D eigenvalue weighted by molar-refractivity contribution is 5.94. The molecule has 0 fully saturated rings. The Morgan fingerprint density at radius 3 is 3.11 bits per heavy atom. The average molecular weight is 258 g/mol. The molecule has 0 saturated heterocycles. The molecule has 1 N–H and O–H groups in total. The first-order valence-corrected chi connectivity index (χ1v) is 6.21. The zero-order valence-electron chi connectivity index (χ0n) is 11.1. The van der Waals surface area contributed by atoms with E-state index in [-0.39, 0.29) is 5.91 Å². The second kappa shape index (κ2) is 8.06. The van der Waals surface area contributed by atoms with E-state index in [0.717, 1.165) is 12.8 Å². The SMILES string of the molecule is C=CCCCOC(C)C(=O)Nc1cccc(C#N)c1. The minimum Gasteiger partial charge on any atom is -0.369 e. The number of hydrogen-bond acceptors (Lipinski definition) is 3. The van der Waals surface area contributed by atoms with Gasteiger partial charge in [-0.05, 0) is 38.0 Å². The van der Waals surface area contributed by atoms with E-state index in [1.54, 1.807) is 31.2 Å². The second-order valence-electron chi connectivity index (χ2n) is 4.13. The molecule has 0 bridgehead atoms. The van der Waals surface area contributed by atoms with Crippen LogP contribution in [0.5, 0.6) is 0 Å². The molecule has 0 aliphatic heterocycles. The maximum absolute atomic E-state index is 11.8. The Morgan fingerprint density at radius 2 is 2.42 bits per heavy atom. The number of hydrogen-bond donors (Lipinski definition) is 1. The van der Waals surface area contributed by atoms with E-state index in [1.165, 1.54) is 0 Å². The van der Waals surface area contributed by atoms with Gasteiger partial charge in [0.1, 0.15) is 6.10 Å². The van der Waals surface area contributed by atoms with Crippen LogP contribution in [0.15, 0.2) is 36.9 Å². The van der Waals surface area contributed by atoms with Crippen molar-refractivity contribution in [2.24, 2.45) is 0 Å². The van der Waals surface area contributed by atoms with Crippen LogP contribution in [0.3, 0.4) is 0 Å². The van der Waals surface area contributed by atoms with Gasteiger partial charge in [-0.1, -0.05) is 12.1 Å². The van der Waals surface area contributed by atoms with Crippen LogP contribution in [0.2, 0.25) is 0 Å². The van der Waals surface area contributed by atoms with Crippen LogP contribution in [0.25, 0.3) is 0 Å². The van der Waals surface area contributed by atoms with E-state index in [4.69, 9.17) is 10.00 Å². The van der Waals surface area contributed by atoms with Gasteiger partial charge in [-0.3, -0.25) is 4.79 Å². The first-order valence-electron chi connectivity index (χ1n) is 6.21. The summed E-state index contributed by atoms with van der Waals surface area (Å²) in [6.45, 7) is 5.86. The van der Waals surface area contributed by atoms with Crippen LogP contribution in [0, 0.1) is 11.3 Å². The maximum atomic E-state index is 11.8. The number of amides is 1. The van der Waals surface area contributed by atoms with Gasteiger partial charge < -0.3 is 10.1 Å². The van der Waals surface area contributed by atoms with Crippen molar-refractivity contribution >= 4 is 11.6 Å². The van der Waals surface area contributed by atoms with Crippen LogP contribution in [-0.2, 0) is 9.53 Å². The van der Waals surface area contributed by atoms with Gasteiger partial charge in [0, 0.05) is 12.3 Å². The van der Waals surface area contributed by atoms with Crippen molar-refractivity contribution in [2.45, 2.75) is 25.9 Å². The molecule has 1 atom stereocenters. The van der Waals surface area contributed by atoms with Crippen molar-refractivity contribution in [3.8, 4) is 6.07 Å². The number of rotatable bonds is 7. The van der Waals surface area contributed by atoms with Crippen LogP contribution >= 0.6 is 0 Å². The molecule has 4 heteroatoms. The van der Waals surface area contributed by atoms with E-state index >= 15 is 0 Å². The highest BCUT2D eigenvalue weighted by Gasteiger charge is 2.13. The van der Waals surface area contributed by atoms with E-state index in [0.29, 0.717) is 17.9 Å². The quantitative estimate of drug-likeness (QED) is 0.604. The number of nitrogens with zero attached hydrogens (tertiary/aromatic N) is 1. The predicted octanol–water partition coefficient (Wildman–Crippen LogP) is 2.87. The van der Waals surface area contributed by atoms with Crippen molar-refractivity contribution in [1.82, 2.24) is 0 Å². The van der Waals surface area contributed by atoms with Gasteiger partial charge in [0.15, 0.2) is 0 Å². The molecular weight excluding hydrogens is 240 g/mol. The normalized spacial score (nSPS) is 11.4. The molecule has 0 saturated carbocycles. The number of nitriles is 1. The standard InChI is InChI=1S/C15H18N2O2/c1-3-4-5-9-19-12(2)15(18)17-14-8-6-7-13(10-14)11-16/h3,6-8,10,12H,1,4-5,9H2,2H3,(H,17,18). The van der Waals surface area contributed by atoms with Crippen molar-refractivity contribution in [3.05, 3.63) is 42.5 Å². The van der Waals surface area contributed by atoms with Crippen LogP contribution in [0.4, 0.5) is 5.69 Å². The zero-order valence-corrected chi connectivity index (χ0v) is 11.1. The summed E-state index contributed by atoms with van der Waals surface area (Å²) in [6, 6.07) is 8.80. The summed E-state index contributed by atoms with van der Waals surface area (Å²) in [5.41, 5.74) is 1.11. The predicted molar refractivity (Wildman–Crippen MR) is 74.6 cm³/mol. The first kappa shape index (κ1) is 14.9. The molecule has 0 aromatic heterocycles. The van der Waals surface area contributed by atoms with Crippen molar-refractivity contribution < 1.29 is 9.53 Å². The minimum absolute atomic E-state index is 0.214. The third-order valence-corrected chi connectivity index (χ3v) is 2.55. The lowest BCUT2D eigenvalue weighted by Crippen LogP contribution is -2.28. The molecule has 0 radical (unpaired) electrons. The summed E-state index contributed by atoms with van der Waals surface area (Å²) < 4.78 is 5.41. The van der Waals surface area contributed by atoms with Gasteiger partial charge >= 0.3 is 0 Å². The van der Waals surface area contributed by atoms with Gasteiger partial charge in [-0.15, -0.1) is 6.58 Å². The number of carbonyl (C=O) groups is 1. The lowest BCUT2D eigenvalue weighted by atomic mass is 10.2. The highest BCUT2D eigenvalue weighted by atomic mass is 16.5. The Balaban J connectivity index is 2.45. The fraction of sp³-hybridized carbons (Fsp3) is 0.333. The lowest BCUT2D eigenvalue weighted by molar-refractivity contribution is -0.126. The molecule has 1 unspecified atom stereocenters. The number of anilines is 1. The summed E-state index contributed by atoms with van der Waals surface area (Å²) in [5.74, 6) is -0.214. The van der Waals surface area contributed by atoms with Gasteiger partial charge in [-0.2, -0.15) is 5.26 Å². The molecule has 0 aliphatic rings. The third-order valence-electron chi connectivity index (χ3n) is 2.55. The monoisotopic (exact) mass is 258 g/mol. The van der Waals surface area contributed by atoms with Crippen LogP contribution in [-0.4, -0.2) is 18.6 Å². The second-order valence-corrected chi connectivity index (χ2v) is 4.13. The van der Waals surface area contributed by atoms with Crippen LogP contribution < -0.4 is 5.32 Å². The molecular formula is C15H18N2O2. The molecule has 100 valence electrons. The smallest absolute Gasteiger partial charge is 0.253 e. The Kier molecular flexibility index (Phi) is 6.34. The zero-order chi connectivity index (χ0) is 14.1. The summed E-state index contributed by atoms with van der Waals surface area (Å²) in [4.78, 5) is 11.8. The van der Waals surface area contributed by atoms with Gasteiger partial charge in [0.05, 0.1) is 11.6 Å². The number of allylic oxidation sites excluding steroid dienone is 1. The topological polar surface area (TPSA) is 62.1 Å². The lowest BCUT2D eigenvalue weighted by Gasteiger charge is -2.13. The third kappa shape index (κ3) is 5.36. The number of benzene rings is 1. The number of unbranched alkanes of at least 4 members (excludes halogenated alkanes) is 1. The van der Waals surface area contributed by atoms with Gasteiger partial charge in [0.25, 0.3) is 5.91 Å². The Hall–Kier alpha value is -2.12. The number of nitrogens with one attached hydrogen (secondary N) is 1. The molecule has 1 amide bonds. The number of carbonyl (C=O) groups excluding carboxylic acids is 1. The molecule has 1 aromatic carbocycles. The summed E-state index contributed by atoms with van der Waals surface area (Å²) >= 11 is 0. The van der Waals surface area contributed by atoms with Crippen molar-refractivity contribution in [3.63, 3.8) is 0 Å². The molecule has 0 heterocycles.